The predicted molar refractivity (Wildman–Crippen MR) is 103 cm³/mol. The maximum Gasteiger partial charge on any atom is 0.303 e. The van der Waals surface area contributed by atoms with Gasteiger partial charge in [0.1, 0.15) is 12.1 Å². The average molecular weight is 409 g/mol. The van der Waals surface area contributed by atoms with E-state index in [-0.39, 0.29) is 30.5 Å². The molecule has 1 saturated carbocycles. The summed E-state index contributed by atoms with van der Waals surface area (Å²) < 4.78 is 31.5. The van der Waals surface area contributed by atoms with Gasteiger partial charge in [0.2, 0.25) is 15.7 Å². The molecule has 0 aromatic carbocycles. The number of nitrogens with zero attached hydrogens (tertiary/aromatic N) is 2. The monoisotopic (exact) mass is 409 g/mol. The molecule has 10 heteroatoms. The molecule has 0 radical (unpaired) electrons. The van der Waals surface area contributed by atoms with Crippen LogP contribution in [-0.4, -0.2) is 50.2 Å². The van der Waals surface area contributed by atoms with E-state index in [0.717, 1.165) is 24.7 Å². The van der Waals surface area contributed by atoms with Crippen molar-refractivity contribution in [1.82, 2.24) is 10.3 Å². The Labute approximate surface area is 162 Å². The van der Waals surface area contributed by atoms with Crippen molar-refractivity contribution in [2.45, 2.75) is 38.0 Å². The number of rotatable bonds is 9. The van der Waals surface area contributed by atoms with Crippen LogP contribution < -0.4 is 9.62 Å². The van der Waals surface area contributed by atoms with E-state index in [1.165, 1.54) is 17.6 Å². The van der Waals surface area contributed by atoms with Crippen LogP contribution in [0.2, 0.25) is 0 Å². The number of anilines is 1. The highest BCUT2D eigenvalue weighted by molar-refractivity contribution is 7.92. The minimum Gasteiger partial charge on any atom is -0.481 e. The van der Waals surface area contributed by atoms with Crippen LogP contribution >= 0.6 is 0 Å². The van der Waals surface area contributed by atoms with Gasteiger partial charge in [-0.2, -0.15) is 4.98 Å². The third-order valence-electron chi connectivity index (χ3n) is 4.70. The van der Waals surface area contributed by atoms with Gasteiger partial charge >= 0.3 is 5.97 Å². The molecule has 3 rings (SSSR count). The lowest BCUT2D eigenvalue weighted by Gasteiger charge is -2.23. The van der Waals surface area contributed by atoms with Crippen LogP contribution in [0.3, 0.4) is 0 Å². The highest BCUT2D eigenvalue weighted by Crippen LogP contribution is 2.45. The maximum absolute atomic E-state index is 12.4. The van der Waals surface area contributed by atoms with Gasteiger partial charge in [-0.25, -0.2) is 8.42 Å². The van der Waals surface area contributed by atoms with Crippen LogP contribution in [0.1, 0.15) is 53.9 Å². The van der Waals surface area contributed by atoms with E-state index in [2.05, 4.69) is 10.3 Å². The number of aromatic nitrogens is 1. The molecular formula is C18H23N3O6S. The lowest BCUT2D eigenvalue weighted by atomic mass is 10.1. The van der Waals surface area contributed by atoms with Crippen LogP contribution in [0.15, 0.2) is 16.7 Å². The number of unbranched alkanes of at least 4 members (excludes halogenated alkanes) is 1. The Morgan fingerprint density at radius 2 is 2.07 bits per heavy atom. The quantitative estimate of drug-likeness (QED) is 0.607. The van der Waals surface area contributed by atoms with Gasteiger partial charge in [0.25, 0.3) is 5.91 Å². The summed E-state index contributed by atoms with van der Waals surface area (Å²) in [4.78, 5) is 27.2. The minimum atomic E-state index is -3.63. The van der Waals surface area contributed by atoms with E-state index in [1.54, 1.807) is 6.07 Å². The molecule has 2 aromatic heterocycles. The van der Waals surface area contributed by atoms with Crippen molar-refractivity contribution in [2.24, 2.45) is 0 Å². The number of amides is 1. The van der Waals surface area contributed by atoms with Gasteiger partial charge in [-0.1, -0.05) is 0 Å². The number of carboxylic acid groups (broad SMARTS) is 1. The van der Waals surface area contributed by atoms with Crippen molar-refractivity contribution in [3.8, 4) is 0 Å². The Kier molecular flexibility index (Phi) is 5.59. The molecule has 1 amide bonds. The summed E-state index contributed by atoms with van der Waals surface area (Å²) in [5, 5.41) is 11.9. The first-order chi connectivity index (χ1) is 13.2. The fourth-order valence-corrected chi connectivity index (χ4v) is 4.05. The first kappa shape index (κ1) is 20.1. The molecule has 0 spiro atoms. The molecule has 28 heavy (non-hydrogen) atoms. The lowest BCUT2D eigenvalue weighted by Crippen LogP contribution is -2.32. The molecular weight excluding hydrogens is 386 g/mol. The van der Waals surface area contributed by atoms with E-state index in [9.17, 15) is 18.0 Å². The number of pyridine rings is 1. The van der Waals surface area contributed by atoms with Gasteiger partial charge in [-0.3, -0.25) is 13.9 Å². The lowest BCUT2D eigenvalue weighted by molar-refractivity contribution is -0.137. The standard InChI is InChI=1S/C18H23N3O6S/c1-19-17(24)14-10-27-18-13(14)9-12(11-6-7-11)16(20-18)21(28(2,25)26)8-4-3-5-15(22)23/h9-11H,3-8H2,1-2H3,(H,19,24)(H,22,23). The number of aliphatic carboxylic acids is 1. The van der Waals surface area contributed by atoms with Crippen LogP contribution in [0.25, 0.3) is 11.1 Å². The largest absolute Gasteiger partial charge is 0.481 e. The summed E-state index contributed by atoms with van der Waals surface area (Å²) in [7, 11) is -2.11. The summed E-state index contributed by atoms with van der Waals surface area (Å²) in [6.07, 6.45) is 5.00. The molecule has 152 valence electrons. The van der Waals surface area contributed by atoms with Gasteiger partial charge in [0.05, 0.1) is 17.2 Å². The normalized spacial score (nSPS) is 14.2. The van der Waals surface area contributed by atoms with Crippen LogP contribution in [0.5, 0.6) is 0 Å². The topological polar surface area (TPSA) is 130 Å². The van der Waals surface area contributed by atoms with Gasteiger partial charge in [0, 0.05) is 20.0 Å². The molecule has 0 bridgehead atoms. The number of hydrogen-bond donors (Lipinski definition) is 2. The number of carboxylic acids is 1. The minimum absolute atomic E-state index is 0.0206. The maximum atomic E-state index is 12.4. The molecule has 0 saturated heterocycles. The predicted octanol–water partition coefficient (Wildman–Crippen LogP) is 2.09. The number of carbonyl (C=O) groups is 2. The van der Waals surface area contributed by atoms with Crippen molar-refractivity contribution in [3.63, 3.8) is 0 Å². The second kappa shape index (κ2) is 7.78. The Morgan fingerprint density at radius 1 is 1.36 bits per heavy atom. The summed E-state index contributed by atoms with van der Waals surface area (Å²) in [5.74, 6) is -0.738. The molecule has 2 aromatic rings. The number of hydrogen-bond acceptors (Lipinski definition) is 6. The fraction of sp³-hybridized carbons (Fsp3) is 0.500. The summed E-state index contributed by atoms with van der Waals surface area (Å²) >= 11 is 0. The van der Waals surface area contributed by atoms with E-state index in [1.807, 2.05) is 0 Å². The fourth-order valence-electron chi connectivity index (χ4n) is 3.13. The molecule has 0 unspecified atom stereocenters. The Balaban J connectivity index is 2.01. The summed E-state index contributed by atoms with van der Waals surface area (Å²) in [6.45, 7) is 0.132. The second-order valence-corrected chi connectivity index (χ2v) is 8.85. The van der Waals surface area contributed by atoms with Crippen molar-refractivity contribution in [1.29, 1.82) is 0 Å². The highest BCUT2D eigenvalue weighted by Gasteiger charge is 2.33. The van der Waals surface area contributed by atoms with Gasteiger partial charge in [-0.15, -0.1) is 0 Å². The Morgan fingerprint density at radius 3 is 2.64 bits per heavy atom. The SMILES string of the molecule is CNC(=O)c1coc2nc(N(CCCCC(=O)O)S(C)(=O)=O)c(C3CC3)cc12. The van der Waals surface area contributed by atoms with E-state index < -0.39 is 16.0 Å². The highest BCUT2D eigenvalue weighted by atomic mass is 32.2. The zero-order chi connectivity index (χ0) is 20.5. The molecule has 1 fully saturated rings. The third-order valence-corrected chi connectivity index (χ3v) is 5.86. The first-order valence-electron chi connectivity index (χ1n) is 9.06. The second-order valence-electron chi connectivity index (χ2n) is 6.94. The van der Waals surface area contributed by atoms with Crippen molar-refractivity contribution >= 4 is 38.8 Å². The van der Waals surface area contributed by atoms with Crippen molar-refractivity contribution in [3.05, 3.63) is 23.5 Å². The molecule has 0 atom stereocenters. The Bertz CT molecular complexity index is 1010. The zero-order valence-corrected chi connectivity index (χ0v) is 16.6. The number of nitrogens with one attached hydrogen (secondary N) is 1. The van der Waals surface area contributed by atoms with Gasteiger partial charge < -0.3 is 14.8 Å². The molecule has 0 aliphatic heterocycles. The van der Waals surface area contributed by atoms with Gasteiger partial charge in [-0.05, 0) is 43.2 Å². The number of carbonyl (C=O) groups excluding carboxylic acids is 1. The van der Waals surface area contributed by atoms with Crippen LogP contribution in [-0.2, 0) is 14.8 Å². The van der Waals surface area contributed by atoms with Crippen molar-refractivity contribution < 1.29 is 27.5 Å². The van der Waals surface area contributed by atoms with Crippen molar-refractivity contribution in [2.75, 3.05) is 24.2 Å². The van der Waals surface area contributed by atoms with Crippen LogP contribution in [0.4, 0.5) is 5.82 Å². The number of fused-ring (bicyclic) bond motifs is 1. The first-order valence-corrected chi connectivity index (χ1v) is 10.9. The average Bonchev–Trinajstić information content (AvgIpc) is 3.38. The van der Waals surface area contributed by atoms with E-state index in [0.29, 0.717) is 29.6 Å². The van der Waals surface area contributed by atoms with Gasteiger partial charge in [0.15, 0.2) is 0 Å². The molecule has 1 aliphatic carbocycles. The van der Waals surface area contributed by atoms with E-state index >= 15 is 0 Å². The zero-order valence-electron chi connectivity index (χ0n) is 15.8. The third kappa shape index (κ3) is 4.27. The van der Waals surface area contributed by atoms with Crippen LogP contribution in [0, 0.1) is 0 Å². The summed E-state index contributed by atoms with van der Waals surface area (Å²) in [5.41, 5.74) is 1.31. The molecule has 2 N–H and O–H groups in total. The Hall–Kier alpha value is -2.62. The molecule has 1 aliphatic rings. The molecule has 9 nitrogen and oxygen atoms in total. The molecule has 2 heterocycles. The van der Waals surface area contributed by atoms with E-state index in [4.69, 9.17) is 9.52 Å². The number of furan rings is 1. The smallest absolute Gasteiger partial charge is 0.303 e. The summed E-state index contributed by atoms with van der Waals surface area (Å²) in [6, 6.07) is 1.79. The number of sulfonamides is 1.